The number of allylic oxidation sites excluding steroid dienone is 2. The summed E-state index contributed by atoms with van der Waals surface area (Å²) in [6, 6.07) is 4.87. The number of aliphatic hydroxyl groups is 2. The second-order valence-corrected chi connectivity index (χ2v) is 8.67. The molecule has 4 nitrogen and oxygen atoms in total. The third-order valence-corrected chi connectivity index (χ3v) is 6.37. The molecule has 0 heterocycles. The predicted octanol–water partition coefficient (Wildman–Crippen LogP) is 5.45. The highest BCUT2D eigenvalue weighted by Crippen LogP contribution is 2.28. The number of hydrogen-bond donors (Lipinski definition) is 3. The Hall–Kier alpha value is -1.60. The van der Waals surface area contributed by atoms with Crippen molar-refractivity contribution in [2.24, 2.45) is 5.92 Å². The van der Waals surface area contributed by atoms with Gasteiger partial charge < -0.3 is 10.2 Å². The van der Waals surface area contributed by atoms with Gasteiger partial charge in [-0.3, -0.25) is 10.2 Å². The zero-order chi connectivity index (χ0) is 24.8. The molecule has 6 heteroatoms. The molecule has 1 aromatic rings. The SMILES string of the molecule is CC/C=C(\C=C/CF)C(NC(O)C(CC)CCC(C)N(CC)CCO)c1ccc(F)c(C)c1. The normalized spacial score (nSPS) is 16.4. The lowest BCUT2D eigenvalue weighted by molar-refractivity contribution is 0.0539. The van der Waals surface area contributed by atoms with E-state index in [-0.39, 0.29) is 24.4 Å². The molecule has 0 saturated heterocycles. The summed E-state index contributed by atoms with van der Waals surface area (Å²) in [6.07, 6.45) is 7.72. The number of likely N-dealkylation sites (N-methyl/N-ethyl adjacent to an activating group) is 1. The van der Waals surface area contributed by atoms with Crippen LogP contribution in [0.1, 0.15) is 70.5 Å². The fourth-order valence-electron chi connectivity index (χ4n) is 4.28. The number of aliphatic hydroxyl groups excluding tert-OH is 2. The van der Waals surface area contributed by atoms with Gasteiger partial charge in [-0.15, -0.1) is 0 Å². The lowest BCUT2D eigenvalue weighted by atomic mass is 9.92. The van der Waals surface area contributed by atoms with Gasteiger partial charge in [-0.05, 0) is 74.8 Å². The molecule has 4 atom stereocenters. The van der Waals surface area contributed by atoms with Crippen molar-refractivity contribution in [2.75, 3.05) is 26.4 Å². The number of benzene rings is 1. The van der Waals surface area contributed by atoms with Crippen LogP contribution in [0.3, 0.4) is 0 Å². The Morgan fingerprint density at radius 2 is 1.94 bits per heavy atom. The van der Waals surface area contributed by atoms with E-state index in [1.807, 2.05) is 13.0 Å². The molecular formula is C27H44F2N2O2. The van der Waals surface area contributed by atoms with Crippen LogP contribution in [0.15, 0.2) is 42.0 Å². The highest BCUT2D eigenvalue weighted by atomic mass is 19.1. The summed E-state index contributed by atoms with van der Waals surface area (Å²) in [6.45, 7) is 11.1. The summed E-state index contributed by atoms with van der Waals surface area (Å²) in [5, 5.41) is 23.8. The van der Waals surface area contributed by atoms with Crippen LogP contribution in [0, 0.1) is 18.7 Å². The first kappa shape index (κ1) is 29.4. The molecular weight excluding hydrogens is 422 g/mol. The fraction of sp³-hybridized carbons (Fsp3) is 0.630. The first-order chi connectivity index (χ1) is 15.8. The van der Waals surface area contributed by atoms with Gasteiger partial charge in [0.05, 0.1) is 12.6 Å². The highest BCUT2D eigenvalue weighted by Gasteiger charge is 2.25. The molecule has 0 aliphatic heterocycles. The van der Waals surface area contributed by atoms with Gasteiger partial charge >= 0.3 is 0 Å². The fourth-order valence-corrected chi connectivity index (χ4v) is 4.28. The number of rotatable bonds is 16. The summed E-state index contributed by atoms with van der Waals surface area (Å²) in [5.74, 6) is -0.250. The van der Waals surface area contributed by atoms with Crippen molar-refractivity contribution in [2.45, 2.75) is 78.6 Å². The minimum Gasteiger partial charge on any atom is -0.395 e. The number of halogens is 2. The Labute approximate surface area is 199 Å². The predicted molar refractivity (Wildman–Crippen MR) is 133 cm³/mol. The maximum atomic E-state index is 13.9. The summed E-state index contributed by atoms with van der Waals surface area (Å²) >= 11 is 0. The quantitative estimate of drug-likeness (QED) is 0.224. The minimum absolute atomic E-state index is 0.0253. The zero-order valence-corrected chi connectivity index (χ0v) is 21.0. The summed E-state index contributed by atoms with van der Waals surface area (Å²) in [4.78, 5) is 2.24. The number of aryl methyl sites for hydroxylation is 1. The standard InChI is InChI=1S/C27H44F2N2O2/c1-6-10-23(11-9-16-28)26(24-14-15-25(29)20(4)19-24)30-27(33)22(7-2)13-12-21(5)31(8-3)17-18-32/h9-11,14-15,19,21-22,26-27,30,32-33H,6-8,12-13,16-18H2,1-5H3/b11-9-,23-10+. The smallest absolute Gasteiger partial charge is 0.126 e. The van der Waals surface area contributed by atoms with Gasteiger partial charge in [0, 0.05) is 12.6 Å². The van der Waals surface area contributed by atoms with E-state index in [0.717, 1.165) is 43.4 Å². The molecule has 3 N–H and O–H groups in total. The van der Waals surface area contributed by atoms with E-state index >= 15 is 0 Å². The number of nitrogens with one attached hydrogen (secondary N) is 1. The van der Waals surface area contributed by atoms with Crippen LogP contribution in [0.25, 0.3) is 0 Å². The van der Waals surface area contributed by atoms with Crippen LogP contribution in [0.4, 0.5) is 8.78 Å². The average Bonchev–Trinajstić information content (AvgIpc) is 2.80. The lowest BCUT2D eigenvalue weighted by Gasteiger charge is -2.32. The molecule has 1 rings (SSSR count). The molecule has 0 aromatic heterocycles. The van der Waals surface area contributed by atoms with Crippen molar-refractivity contribution in [1.29, 1.82) is 0 Å². The van der Waals surface area contributed by atoms with E-state index in [4.69, 9.17) is 0 Å². The topological polar surface area (TPSA) is 55.7 Å². The molecule has 0 fully saturated rings. The Balaban J connectivity index is 3.09. The monoisotopic (exact) mass is 466 g/mol. The largest absolute Gasteiger partial charge is 0.395 e. The molecule has 33 heavy (non-hydrogen) atoms. The molecule has 0 saturated carbocycles. The van der Waals surface area contributed by atoms with Gasteiger partial charge in [0.25, 0.3) is 0 Å². The van der Waals surface area contributed by atoms with Crippen molar-refractivity contribution in [1.82, 2.24) is 10.2 Å². The van der Waals surface area contributed by atoms with E-state index in [2.05, 4.69) is 31.0 Å². The van der Waals surface area contributed by atoms with Gasteiger partial charge in [-0.2, -0.15) is 0 Å². The highest BCUT2D eigenvalue weighted by molar-refractivity contribution is 5.37. The van der Waals surface area contributed by atoms with Crippen molar-refractivity contribution >= 4 is 0 Å². The maximum Gasteiger partial charge on any atom is 0.126 e. The number of alkyl halides is 1. The van der Waals surface area contributed by atoms with Crippen molar-refractivity contribution in [3.63, 3.8) is 0 Å². The van der Waals surface area contributed by atoms with E-state index in [0.29, 0.717) is 18.2 Å². The first-order valence-electron chi connectivity index (χ1n) is 12.3. The van der Waals surface area contributed by atoms with Gasteiger partial charge in [0.2, 0.25) is 0 Å². The second-order valence-electron chi connectivity index (χ2n) is 8.67. The average molecular weight is 467 g/mol. The van der Waals surface area contributed by atoms with Crippen LogP contribution in [-0.4, -0.2) is 53.8 Å². The molecule has 0 aliphatic carbocycles. The molecule has 1 aromatic carbocycles. The van der Waals surface area contributed by atoms with E-state index in [1.165, 1.54) is 12.1 Å². The molecule has 0 radical (unpaired) electrons. The molecule has 188 valence electrons. The van der Waals surface area contributed by atoms with Crippen LogP contribution in [0.2, 0.25) is 0 Å². The summed E-state index contributed by atoms with van der Waals surface area (Å²) < 4.78 is 26.8. The molecule has 4 unspecified atom stereocenters. The van der Waals surface area contributed by atoms with Gasteiger partial charge in [0.15, 0.2) is 0 Å². The van der Waals surface area contributed by atoms with E-state index in [1.54, 1.807) is 25.1 Å². The molecule has 0 bridgehead atoms. The third kappa shape index (κ3) is 9.65. The third-order valence-electron chi connectivity index (χ3n) is 6.37. The Morgan fingerprint density at radius 1 is 1.21 bits per heavy atom. The van der Waals surface area contributed by atoms with E-state index < -0.39 is 12.9 Å². The van der Waals surface area contributed by atoms with Gasteiger partial charge in [-0.1, -0.05) is 51.1 Å². The number of nitrogens with zero attached hydrogens (tertiary/aromatic N) is 1. The maximum absolute atomic E-state index is 13.9. The van der Waals surface area contributed by atoms with E-state index in [9.17, 15) is 19.0 Å². The minimum atomic E-state index is -0.774. The lowest BCUT2D eigenvalue weighted by Crippen LogP contribution is -2.40. The summed E-state index contributed by atoms with van der Waals surface area (Å²) in [7, 11) is 0. The molecule has 0 aliphatic rings. The van der Waals surface area contributed by atoms with Gasteiger partial charge in [0.1, 0.15) is 18.7 Å². The Bertz CT molecular complexity index is 739. The van der Waals surface area contributed by atoms with Crippen molar-refractivity contribution in [3.05, 3.63) is 58.9 Å². The molecule has 0 spiro atoms. The molecule has 0 amide bonds. The Morgan fingerprint density at radius 3 is 2.48 bits per heavy atom. The van der Waals surface area contributed by atoms with Crippen LogP contribution < -0.4 is 5.32 Å². The van der Waals surface area contributed by atoms with Crippen molar-refractivity contribution in [3.8, 4) is 0 Å². The van der Waals surface area contributed by atoms with Crippen LogP contribution in [0.5, 0.6) is 0 Å². The zero-order valence-electron chi connectivity index (χ0n) is 21.0. The Kier molecular flexibility index (Phi) is 14.4. The first-order valence-corrected chi connectivity index (χ1v) is 12.3. The second kappa shape index (κ2) is 16.1. The van der Waals surface area contributed by atoms with Crippen LogP contribution >= 0.6 is 0 Å². The van der Waals surface area contributed by atoms with Crippen LogP contribution in [-0.2, 0) is 0 Å². The van der Waals surface area contributed by atoms with Crippen molar-refractivity contribution < 1.29 is 19.0 Å². The number of hydrogen-bond acceptors (Lipinski definition) is 4. The van der Waals surface area contributed by atoms with Gasteiger partial charge in [-0.25, -0.2) is 8.78 Å². The summed E-state index contributed by atoms with van der Waals surface area (Å²) in [5.41, 5.74) is 2.21.